The summed E-state index contributed by atoms with van der Waals surface area (Å²) in [5.41, 5.74) is 1.64. The van der Waals surface area contributed by atoms with Gasteiger partial charge in [-0.1, -0.05) is 30.3 Å². The lowest BCUT2D eigenvalue weighted by Gasteiger charge is -2.08. The molecule has 0 fully saturated rings. The van der Waals surface area contributed by atoms with E-state index in [2.05, 4.69) is 15.3 Å². The lowest BCUT2D eigenvalue weighted by Crippen LogP contribution is -2.20. The molecule has 0 spiro atoms. The molecule has 0 bridgehead atoms. The number of aromatic amines is 2. The van der Waals surface area contributed by atoms with Gasteiger partial charge in [-0.05, 0) is 41.1 Å². The van der Waals surface area contributed by atoms with Crippen molar-refractivity contribution < 1.29 is 9.53 Å². The molecule has 1 aromatic heterocycles. The molecular weight excluding hydrogens is 318 g/mol. The Morgan fingerprint density at radius 2 is 1.72 bits per heavy atom. The summed E-state index contributed by atoms with van der Waals surface area (Å²) in [7, 11) is 0. The van der Waals surface area contributed by atoms with Gasteiger partial charge < -0.3 is 20.0 Å². The first-order valence-electron chi connectivity index (χ1n) is 7.81. The first-order chi connectivity index (χ1) is 12.2. The predicted molar refractivity (Wildman–Crippen MR) is 97.0 cm³/mol. The molecule has 1 heterocycles. The lowest BCUT2D eigenvalue weighted by molar-refractivity contribution is -0.118. The number of anilines is 1. The number of nitrogens with one attached hydrogen (secondary N) is 3. The van der Waals surface area contributed by atoms with Crippen LogP contribution in [0.2, 0.25) is 0 Å². The van der Waals surface area contributed by atoms with E-state index in [1.807, 2.05) is 42.5 Å². The molecule has 0 atom stereocenters. The van der Waals surface area contributed by atoms with Gasteiger partial charge in [-0.25, -0.2) is 4.79 Å². The number of imidazole rings is 1. The number of fused-ring (bicyclic) bond motifs is 2. The van der Waals surface area contributed by atoms with Crippen molar-refractivity contribution in [3.8, 4) is 5.75 Å². The van der Waals surface area contributed by atoms with Crippen LogP contribution in [-0.2, 0) is 4.79 Å². The van der Waals surface area contributed by atoms with E-state index in [9.17, 15) is 9.59 Å². The van der Waals surface area contributed by atoms with Gasteiger partial charge in [0.05, 0.1) is 11.0 Å². The Morgan fingerprint density at radius 3 is 2.60 bits per heavy atom. The van der Waals surface area contributed by atoms with Crippen molar-refractivity contribution in [1.29, 1.82) is 0 Å². The van der Waals surface area contributed by atoms with E-state index in [-0.39, 0.29) is 18.2 Å². The van der Waals surface area contributed by atoms with Crippen molar-refractivity contribution in [2.24, 2.45) is 0 Å². The van der Waals surface area contributed by atoms with E-state index in [1.54, 1.807) is 18.2 Å². The Balaban J connectivity index is 1.42. The molecule has 6 heteroatoms. The Hall–Kier alpha value is -3.54. The molecule has 4 rings (SSSR count). The van der Waals surface area contributed by atoms with Crippen molar-refractivity contribution in [2.45, 2.75) is 0 Å². The van der Waals surface area contributed by atoms with Crippen molar-refractivity contribution in [1.82, 2.24) is 9.97 Å². The maximum atomic E-state index is 12.1. The van der Waals surface area contributed by atoms with Crippen molar-refractivity contribution in [3.05, 3.63) is 71.1 Å². The number of rotatable bonds is 4. The summed E-state index contributed by atoms with van der Waals surface area (Å²) in [5.74, 6) is 0.365. The van der Waals surface area contributed by atoms with Gasteiger partial charge in [-0.2, -0.15) is 0 Å². The second-order valence-corrected chi connectivity index (χ2v) is 5.69. The quantitative estimate of drug-likeness (QED) is 0.536. The average Bonchev–Trinajstić information content (AvgIpc) is 2.99. The smallest absolute Gasteiger partial charge is 0.323 e. The molecule has 0 radical (unpaired) electrons. The van der Waals surface area contributed by atoms with E-state index in [4.69, 9.17) is 4.74 Å². The van der Waals surface area contributed by atoms with Crippen LogP contribution >= 0.6 is 0 Å². The third-order valence-electron chi connectivity index (χ3n) is 3.89. The number of H-pyrrole nitrogens is 2. The van der Waals surface area contributed by atoms with Gasteiger partial charge in [0.15, 0.2) is 6.61 Å². The highest BCUT2D eigenvalue weighted by atomic mass is 16.5. The Bertz CT molecular complexity index is 1130. The third-order valence-corrected chi connectivity index (χ3v) is 3.89. The summed E-state index contributed by atoms with van der Waals surface area (Å²) < 4.78 is 5.56. The fourth-order valence-corrected chi connectivity index (χ4v) is 2.71. The highest BCUT2D eigenvalue weighted by Crippen LogP contribution is 2.20. The van der Waals surface area contributed by atoms with Crippen LogP contribution in [0.3, 0.4) is 0 Å². The number of aromatic nitrogens is 2. The molecule has 0 unspecified atom stereocenters. The summed E-state index contributed by atoms with van der Waals surface area (Å²) in [6, 6.07) is 18.8. The normalized spacial score (nSPS) is 10.9. The van der Waals surface area contributed by atoms with E-state index >= 15 is 0 Å². The van der Waals surface area contributed by atoms with Crippen LogP contribution in [0, 0.1) is 0 Å². The largest absolute Gasteiger partial charge is 0.484 e. The average molecular weight is 333 g/mol. The zero-order chi connectivity index (χ0) is 17.2. The summed E-state index contributed by atoms with van der Waals surface area (Å²) in [6.45, 7) is -0.0972. The fraction of sp³-hybridized carbons (Fsp3) is 0.0526. The van der Waals surface area contributed by atoms with E-state index in [0.717, 1.165) is 10.8 Å². The fourth-order valence-electron chi connectivity index (χ4n) is 2.71. The van der Waals surface area contributed by atoms with Crippen LogP contribution in [-0.4, -0.2) is 22.5 Å². The SMILES string of the molecule is O=C(COc1ccc2ccccc2c1)Nc1ccc2[nH]c(=O)[nH]c2c1. The molecule has 0 aliphatic heterocycles. The Labute approximate surface area is 142 Å². The van der Waals surface area contributed by atoms with Crippen LogP contribution in [0.5, 0.6) is 5.75 Å². The maximum Gasteiger partial charge on any atom is 0.323 e. The molecule has 6 nitrogen and oxygen atoms in total. The van der Waals surface area contributed by atoms with E-state index in [0.29, 0.717) is 22.5 Å². The number of ether oxygens (including phenoxy) is 1. The van der Waals surface area contributed by atoms with Crippen molar-refractivity contribution in [3.63, 3.8) is 0 Å². The predicted octanol–water partition coefficient (Wildman–Crippen LogP) is 3.03. The van der Waals surface area contributed by atoms with E-state index < -0.39 is 0 Å². The number of hydrogen-bond donors (Lipinski definition) is 3. The van der Waals surface area contributed by atoms with Crippen LogP contribution < -0.4 is 15.7 Å². The molecule has 0 aliphatic rings. The zero-order valence-corrected chi connectivity index (χ0v) is 13.2. The zero-order valence-electron chi connectivity index (χ0n) is 13.2. The summed E-state index contributed by atoms with van der Waals surface area (Å²) >= 11 is 0. The molecule has 3 aromatic carbocycles. The summed E-state index contributed by atoms with van der Waals surface area (Å²) in [4.78, 5) is 28.6. The van der Waals surface area contributed by atoms with Crippen molar-refractivity contribution in [2.75, 3.05) is 11.9 Å². The Kier molecular flexibility index (Phi) is 3.70. The number of carbonyl (C=O) groups is 1. The number of amides is 1. The van der Waals surface area contributed by atoms with Gasteiger partial charge in [-0.15, -0.1) is 0 Å². The minimum Gasteiger partial charge on any atom is -0.484 e. The third kappa shape index (κ3) is 3.23. The van der Waals surface area contributed by atoms with Gasteiger partial charge in [0.25, 0.3) is 5.91 Å². The second kappa shape index (κ2) is 6.16. The summed E-state index contributed by atoms with van der Waals surface area (Å²) in [6.07, 6.45) is 0. The molecule has 4 aromatic rings. The highest BCUT2D eigenvalue weighted by molar-refractivity contribution is 5.94. The first-order valence-corrected chi connectivity index (χ1v) is 7.81. The summed E-state index contributed by atoms with van der Waals surface area (Å²) in [5, 5.41) is 4.93. The molecular formula is C19H15N3O3. The lowest BCUT2D eigenvalue weighted by atomic mass is 10.1. The van der Waals surface area contributed by atoms with Crippen LogP contribution in [0.1, 0.15) is 0 Å². The number of carbonyl (C=O) groups excluding carboxylic acids is 1. The van der Waals surface area contributed by atoms with Gasteiger partial charge >= 0.3 is 5.69 Å². The topological polar surface area (TPSA) is 87.0 Å². The second-order valence-electron chi connectivity index (χ2n) is 5.69. The van der Waals surface area contributed by atoms with Gasteiger partial charge in [0.1, 0.15) is 5.75 Å². The molecule has 0 aliphatic carbocycles. The molecule has 0 saturated carbocycles. The standard InChI is InChI=1S/C19H15N3O3/c23-18(20-14-6-8-16-17(10-14)22-19(24)21-16)11-25-15-7-5-12-3-1-2-4-13(12)9-15/h1-10H,11H2,(H,20,23)(H2,21,22,24). The monoisotopic (exact) mass is 333 g/mol. The van der Waals surface area contributed by atoms with Gasteiger partial charge in [0.2, 0.25) is 0 Å². The van der Waals surface area contributed by atoms with Gasteiger partial charge in [0, 0.05) is 5.69 Å². The van der Waals surface area contributed by atoms with Crippen LogP contribution in [0.15, 0.2) is 65.5 Å². The first kappa shape index (κ1) is 15.0. The number of hydrogen-bond acceptors (Lipinski definition) is 3. The molecule has 0 saturated heterocycles. The van der Waals surface area contributed by atoms with Crippen molar-refractivity contribution >= 4 is 33.4 Å². The molecule has 124 valence electrons. The van der Waals surface area contributed by atoms with Crippen LogP contribution in [0.25, 0.3) is 21.8 Å². The van der Waals surface area contributed by atoms with Crippen LogP contribution in [0.4, 0.5) is 5.69 Å². The minimum absolute atomic E-state index is 0.0972. The van der Waals surface area contributed by atoms with Gasteiger partial charge in [-0.3, -0.25) is 4.79 Å². The molecule has 1 amide bonds. The highest BCUT2D eigenvalue weighted by Gasteiger charge is 2.06. The number of benzene rings is 3. The van der Waals surface area contributed by atoms with E-state index in [1.165, 1.54) is 0 Å². The molecule has 3 N–H and O–H groups in total. The Morgan fingerprint density at radius 1 is 0.920 bits per heavy atom. The minimum atomic E-state index is -0.280. The maximum absolute atomic E-state index is 12.1. The molecule has 25 heavy (non-hydrogen) atoms.